The summed E-state index contributed by atoms with van der Waals surface area (Å²) >= 11 is 7.29. The van der Waals surface area contributed by atoms with E-state index >= 15 is 0 Å². The number of pyridine rings is 1. The number of esters is 1. The Morgan fingerprint density at radius 3 is 2.94 bits per heavy atom. The van der Waals surface area contributed by atoms with Gasteiger partial charge in [0.15, 0.2) is 5.69 Å². The SMILES string of the molecule is COC(=O)c1nc(-c2nccs2)cc(N)c1Cl. The molecule has 0 radical (unpaired) electrons. The number of nitrogen functional groups attached to an aromatic ring is 1. The quantitative estimate of drug-likeness (QED) is 0.846. The van der Waals surface area contributed by atoms with E-state index in [2.05, 4.69) is 14.7 Å². The summed E-state index contributed by atoms with van der Waals surface area (Å²) in [5.74, 6) is -0.625. The minimum atomic E-state index is -0.625. The number of halogens is 1. The number of carbonyl (C=O) groups excluding carboxylic acids is 1. The molecule has 0 saturated carbocycles. The molecule has 0 aromatic carbocycles. The minimum Gasteiger partial charge on any atom is -0.464 e. The highest BCUT2D eigenvalue weighted by Crippen LogP contribution is 2.29. The van der Waals surface area contributed by atoms with Crippen LogP contribution in [0.25, 0.3) is 10.7 Å². The zero-order chi connectivity index (χ0) is 12.4. The summed E-state index contributed by atoms with van der Waals surface area (Å²) in [5.41, 5.74) is 6.49. The molecule has 2 N–H and O–H groups in total. The van der Waals surface area contributed by atoms with E-state index in [-0.39, 0.29) is 16.4 Å². The third kappa shape index (κ3) is 2.22. The number of ether oxygens (including phenoxy) is 1. The van der Waals surface area contributed by atoms with Crippen molar-refractivity contribution in [2.24, 2.45) is 0 Å². The molecule has 2 rings (SSSR count). The van der Waals surface area contributed by atoms with E-state index in [0.717, 1.165) is 0 Å². The van der Waals surface area contributed by atoms with Crippen molar-refractivity contribution in [3.8, 4) is 10.7 Å². The number of hydrogen-bond donors (Lipinski definition) is 1. The molecule has 2 aromatic rings. The summed E-state index contributed by atoms with van der Waals surface area (Å²) in [4.78, 5) is 19.7. The third-order valence-corrected chi connectivity index (χ3v) is 3.21. The second-order valence-corrected chi connectivity index (χ2v) is 4.36. The standard InChI is InChI=1S/C10H8ClN3O2S/c1-16-10(15)8-7(11)5(12)4-6(14-8)9-13-2-3-17-9/h2-4H,1H3,(H2,12,14). The van der Waals surface area contributed by atoms with Crippen LogP contribution in [0.4, 0.5) is 5.69 Å². The number of nitrogens with two attached hydrogens (primary N) is 1. The maximum absolute atomic E-state index is 11.5. The number of aromatic nitrogens is 2. The second-order valence-electron chi connectivity index (χ2n) is 3.09. The van der Waals surface area contributed by atoms with E-state index in [4.69, 9.17) is 17.3 Å². The smallest absolute Gasteiger partial charge is 0.358 e. The lowest BCUT2D eigenvalue weighted by Crippen LogP contribution is -2.07. The van der Waals surface area contributed by atoms with Crippen molar-refractivity contribution in [1.29, 1.82) is 0 Å². The van der Waals surface area contributed by atoms with Crippen LogP contribution in [-0.4, -0.2) is 23.0 Å². The van der Waals surface area contributed by atoms with Gasteiger partial charge in [0.05, 0.1) is 17.8 Å². The average Bonchev–Trinajstić information content (AvgIpc) is 2.85. The first-order chi connectivity index (χ1) is 8.13. The van der Waals surface area contributed by atoms with Gasteiger partial charge in [-0.15, -0.1) is 11.3 Å². The van der Waals surface area contributed by atoms with E-state index in [1.54, 1.807) is 17.6 Å². The van der Waals surface area contributed by atoms with E-state index in [0.29, 0.717) is 10.7 Å². The fourth-order valence-electron chi connectivity index (χ4n) is 1.24. The Bertz CT molecular complexity index is 557. The molecule has 0 aliphatic rings. The maximum atomic E-state index is 11.5. The predicted octanol–water partition coefficient (Wildman–Crippen LogP) is 2.23. The molecule has 2 heterocycles. The second kappa shape index (κ2) is 4.68. The van der Waals surface area contributed by atoms with Crippen LogP contribution in [0.1, 0.15) is 10.5 Å². The number of carbonyl (C=O) groups is 1. The van der Waals surface area contributed by atoms with Gasteiger partial charge in [0.25, 0.3) is 0 Å². The number of hydrogen-bond acceptors (Lipinski definition) is 6. The molecule has 2 aromatic heterocycles. The molecule has 0 atom stereocenters. The van der Waals surface area contributed by atoms with E-state index < -0.39 is 5.97 Å². The van der Waals surface area contributed by atoms with Gasteiger partial charge in [-0.3, -0.25) is 0 Å². The van der Waals surface area contributed by atoms with Crippen molar-refractivity contribution in [1.82, 2.24) is 9.97 Å². The normalized spacial score (nSPS) is 10.2. The molecule has 0 aliphatic carbocycles. The number of rotatable bonds is 2. The Balaban J connectivity index is 2.57. The number of methoxy groups -OCH3 is 1. The molecule has 0 aliphatic heterocycles. The highest BCUT2D eigenvalue weighted by molar-refractivity contribution is 7.13. The Morgan fingerprint density at radius 1 is 1.59 bits per heavy atom. The number of nitrogens with zero attached hydrogens (tertiary/aromatic N) is 2. The van der Waals surface area contributed by atoms with Gasteiger partial charge in [-0.25, -0.2) is 14.8 Å². The summed E-state index contributed by atoms with van der Waals surface area (Å²) < 4.78 is 4.59. The summed E-state index contributed by atoms with van der Waals surface area (Å²) in [6.45, 7) is 0. The largest absolute Gasteiger partial charge is 0.464 e. The molecule has 0 amide bonds. The summed E-state index contributed by atoms with van der Waals surface area (Å²) in [6.07, 6.45) is 1.64. The molecule has 0 spiro atoms. The van der Waals surface area contributed by atoms with Crippen molar-refractivity contribution in [2.45, 2.75) is 0 Å². The minimum absolute atomic E-state index is 0.000586. The van der Waals surface area contributed by atoms with Gasteiger partial charge < -0.3 is 10.5 Å². The first-order valence-electron chi connectivity index (χ1n) is 4.57. The number of anilines is 1. The van der Waals surface area contributed by atoms with Crippen molar-refractivity contribution in [2.75, 3.05) is 12.8 Å². The van der Waals surface area contributed by atoms with E-state index in [9.17, 15) is 4.79 Å². The van der Waals surface area contributed by atoms with Crippen molar-refractivity contribution in [3.05, 3.63) is 28.4 Å². The molecule has 5 nitrogen and oxygen atoms in total. The van der Waals surface area contributed by atoms with Crippen molar-refractivity contribution in [3.63, 3.8) is 0 Å². The van der Waals surface area contributed by atoms with Crippen LogP contribution < -0.4 is 5.73 Å². The molecule has 0 saturated heterocycles. The average molecular weight is 270 g/mol. The summed E-state index contributed by atoms with van der Waals surface area (Å²) in [6, 6.07) is 1.58. The molecule has 0 bridgehead atoms. The van der Waals surface area contributed by atoms with Crippen LogP contribution >= 0.6 is 22.9 Å². The van der Waals surface area contributed by atoms with Gasteiger partial charge in [-0.05, 0) is 6.07 Å². The monoisotopic (exact) mass is 269 g/mol. The van der Waals surface area contributed by atoms with Gasteiger partial charge in [0.2, 0.25) is 0 Å². The van der Waals surface area contributed by atoms with Crippen LogP contribution in [0.3, 0.4) is 0 Å². The third-order valence-electron chi connectivity index (χ3n) is 2.02. The van der Waals surface area contributed by atoms with Gasteiger partial charge in [0.1, 0.15) is 10.7 Å². The first kappa shape index (κ1) is 11.8. The first-order valence-corrected chi connectivity index (χ1v) is 5.83. The molecular formula is C10H8ClN3O2S. The van der Waals surface area contributed by atoms with Crippen LogP contribution in [0.15, 0.2) is 17.6 Å². The maximum Gasteiger partial charge on any atom is 0.358 e. The van der Waals surface area contributed by atoms with Crippen LogP contribution in [0.5, 0.6) is 0 Å². The molecule has 0 fully saturated rings. The molecule has 17 heavy (non-hydrogen) atoms. The van der Waals surface area contributed by atoms with Gasteiger partial charge in [0, 0.05) is 11.6 Å². The van der Waals surface area contributed by atoms with E-state index in [1.165, 1.54) is 18.4 Å². The van der Waals surface area contributed by atoms with Crippen molar-refractivity contribution < 1.29 is 9.53 Å². The zero-order valence-corrected chi connectivity index (χ0v) is 10.4. The Labute approximate surface area is 106 Å². The van der Waals surface area contributed by atoms with E-state index in [1.807, 2.05) is 0 Å². The topological polar surface area (TPSA) is 78.1 Å². The van der Waals surface area contributed by atoms with Crippen molar-refractivity contribution >= 4 is 34.6 Å². The summed E-state index contributed by atoms with van der Waals surface area (Å²) in [7, 11) is 1.26. The molecular weight excluding hydrogens is 262 g/mol. The lowest BCUT2D eigenvalue weighted by Gasteiger charge is -2.06. The lowest BCUT2D eigenvalue weighted by atomic mass is 10.2. The summed E-state index contributed by atoms with van der Waals surface area (Å²) in [5, 5.41) is 2.57. The highest BCUT2D eigenvalue weighted by atomic mass is 35.5. The van der Waals surface area contributed by atoms with Gasteiger partial charge in [-0.2, -0.15) is 0 Å². The zero-order valence-electron chi connectivity index (χ0n) is 8.81. The lowest BCUT2D eigenvalue weighted by molar-refractivity contribution is 0.0594. The van der Waals surface area contributed by atoms with Gasteiger partial charge in [-0.1, -0.05) is 11.6 Å². The fourth-order valence-corrected chi connectivity index (χ4v) is 2.01. The highest BCUT2D eigenvalue weighted by Gasteiger charge is 2.18. The van der Waals surface area contributed by atoms with Crippen LogP contribution in [0.2, 0.25) is 5.02 Å². The number of thiazole rings is 1. The Hall–Kier alpha value is -1.66. The van der Waals surface area contributed by atoms with Gasteiger partial charge >= 0.3 is 5.97 Å². The molecule has 88 valence electrons. The Morgan fingerprint density at radius 2 is 2.35 bits per heavy atom. The molecule has 0 unspecified atom stereocenters. The predicted molar refractivity (Wildman–Crippen MR) is 66.1 cm³/mol. The van der Waals surface area contributed by atoms with Crippen LogP contribution in [0, 0.1) is 0 Å². The van der Waals surface area contributed by atoms with Crippen LogP contribution in [-0.2, 0) is 4.74 Å². The molecule has 7 heteroatoms. The fraction of sp³-hybridized carbons (Fsp3) is 0.100. The Kier molecular flexibility index (Phi) is 3.26.